The van der Waals surface area contributed by atoms with Crippen LogP contribution in [-0.2, 0) is 16.1 Å². The minimum atomic E-state index is -1.71. The van der Waals surface area contributed by atoms with Crippen molar-refractivity contribution >= 4 is 23.9 Å². The summed E-state index contributed by atoms with van der Waals surface area (Å²) < 4.78 is 10.2. The molecule has 1 aromatic carbocycles. The van der Waals surface area contributed by atoms with E-state index in [0.29, 0.717) is 12.3 Å². The largest absolute Gasteiger partial charge is 0.445 e. The first-order valence-electron chi connectivity index (χ1n) is 8.55. The first-order valence-corrected chi connectivity index (χ1v) is 9.71. The van der Waals surface area contributed by atoms with Crippen molar-refractivity contribution in [2.24, 2.45) is 0 Å². The maximum Gasteiger partial charge on any atom is 0.408 e. The van der Waals surface area contributed by atoms with Crippen LogP contribution < -0.4 is 10.6 Å². The Morgan fingerprint density at radius 1 is 1.15 bits per heavy atom. The Morgan fingerprint density at radius 3 is 2.41 bits per heavy atom. The molecule has 0 radical (unpaired) electrons. The average Bonchev–Trinajstić information content (AvgIpc) is 2.57. The highest BCUT2D eigenvalue weighted by atomic mass is 32.2. The molecule has 0 aliphatic carbocycles. The van der Waals surface area contributed by atoms with Crippen LogP contribution in [0.5, 0.6) is 0 Å². The zero-order valence-corrected chi connectivity index (χ0v) is 16.6. The highest BCUT2D eigenvalue weighted by Gasteiger charge is 2.23. The molecule has 27 heavy (non-hydrogen) atoms. The molecule has 4 N–H and O–H groups in total. The molecule has 0 bridgehead atoms. The highest BCUT2D eigenvalue weighted by Crippen LogP contribution is 2.09. The molecule has 1 rings (SSSR count). The van der Waals surface area contributed by atoms with E-state index in [4.69, 9.17) is 9.47 Å². The molecule has 0 aliphatic rings. The number of rotatable bonds is 9. The van der Waals surface area contributed by atoms with Crippen LogP contribution in [0.4, 0.5) is 9.59 Å². The van der Waals surface area contributed by atoms with Crippen molar-refractivity contribution in [1.82, 2.24) is 10.6 Å². The van der Waals surface area contributed by atoms with Gasteiger partial charge in [-0.25, -0.2) is 9.59 Å². The number of aliphatic hydroxyl groups excluding tert-OH is 1. The molecule has 0 saturated heterocycles. The lowest BCUT2D eigenvalue weighted by atomic mass is 10.2. The summed E-state index contributed by atoms with van der Waals surface area (Å²) in [5.74, 6) is 0.761. The fraction of sp³-hybridized carbons (Fsp3) is 0.556. The monoisotopic (exact) mass is 400 g/mol. The molecular formula is C18H28N2O6S. The topological polar surface area (TPSA) is 117 Å². The molecular weight excluding hydrogens is 372 g/mol. The fourth-order valence-electron chi connectivity index (χ4n) is 1.87. The summed E-state index contributed by atoms with van der Waals surface area (Å²) in [4.78, 5) is 23.3. The predicted octanol–water partition coefficient (Wildman–Crippen LogP) is 1.85. The number of carbonyl (C=O) groups excluding carboxylic acids is 2. The van der Waals surface area contributed by atoms with Crippen LogP contribution in [0.2, 0.25) is 0 Å². The summed E-state index contributed by atoms with van der Waals surface area (Å²) in [6.07, 6.45) is -2.96. The van der Waals surface area contributed by atoms with Crippen molar-refractivity contribution in [3.63, 3.8) is 0 Å². The normalized spacial score (nSPS) is 12.4. The smallest absolute Gasteiger partial charge is 0.408 e. The minimum absolute atomic E-state index is 0.193. The number of hydrogen-bond acceptors (Lipinski definition) is 7. The van der Waals surface area contributed by atoms with Crippen molar-refractivity contribution in [1.29, 1.82) is 0 Å². The molecule has 1 aromatic rings. The van der Waals surface area contributed by atoms with Gasteiger partial charge >= 0.3 is 12.2 Å². The molecule has 0 aromatic heterocycles. The number of alkyl carbamates (subject to hydrolysis) is 2. The summed E-state index contributed by atoms with van der Waals surface area (Å²) in [5.41, 5.74) is 0.224. The Bertz CT molecular complexity index is 577. The summed E-state index contributed by atoms with van der Waals surface area (Å²) in [6.45, 7) is 5.69. The second-order valence-corrected chi connectivity index (χ2v) is 7.88. The van der Waals surface area contributed by atoms with E-state index in [2.05, 4.69) is 10.6 Å². The Hall–Kier alpha value is -1.97. The Morgan fingerprint density at radius 2 is 1.81 bits per heavy atom. The lowest BCUT2D eigenvalue weighted by Crippen LogP contribution is -2.47. The predicted molar refractivity (Wildman–Crippen MR) is 103 cm³/mol. The number of thioether (sulfide) groups is 1. The number of benzene rings is 1. The van der Waals surface area contributed by atoms with E-state index in [1.54, 1.807) is 20.8 Å². The Labute approximate surface area is 163 Å². The van der Waals surface area contributed by atoms with E-state index in [1.807, 2.05) is 30.3 Å². The molecule has 0 saturated carbocycles. The van der Waals surface area contributed by atoms with Crippen LogP contribution in [0.25, 0.3) is 0 Å². The molecule has 2 amide bonds. The number of hydrogen-bond donors (Lipinski definition) is 4. The second-order valence-electron chi connectivity index (χ2n) is 6.73. The summed E-state index contributed by atoms with van der Waals surface area (Å²) in [6, 6.07) is 8.46. The zero-order chi connectivity index (χ0) is 20.3. The van der Waals surface area contributed by atoms with Crippen molar-refractivity contribution in [3.05, 3.63) is 35.9 Å². The molecule has 8 nitrogen and oxygen atoms in total. The summed E-state index contributed by atoms with van der Waals surface area (Å²) >= 11 is 1.35. The van der Waals surface area contributed by atoms with E-state index < -0.39 is 30.1 Å². The van der Waals surface area contributed by atoms with Crippen LogP contribution >= 0.6 is 11.8 Å². The SMILES string of the molecule is CC(C)(C)OC(=O)NC(CSCCNC(=O)OCc1ccccc1)C(O)O. The van der Waals surface area contributed by atoms with Crippen LogP contribution in [0.1, 0.15) is 26.3 Å². The first kappa shape index (κ1) is 23.1. The lowest BCUT2D eigenvalue weighted by molar-refractivity contribution is -0.0626. The standard InChI is InChI=1S/C18H28N2O6S/c1-18(2,3)26-17(24)20-14(15(21)22)12-27-10-9-19-16(23)25-11-13-7-5-4-6-8-13/h4-8,14-15,21-22H,9-12H2,1-3H3,(H,19,23)(H,20,24). The summed E-state index contributed by atoms with van der Waals surface area (Å²) in [7, 11) is 0. The molecule has 0 aliphatic heterocycles. The highest BCUT2D eigenvalue weighted by molar-refractivity contribution is 7.99. The number of amides is 2. The maximum atomic E-state index is 11.7. The first-order chi connectivity index (χ1) is 12.7. The van der Waals surface area contributed by atoms with Gasteiger partial charge in [-0.1, -0.05) is 30.3 Å². The van der Waals surface area contributed by atoms with E-state index in [0.717, 1.165) is 5.56 Å². The van der Waals surface area contributed by atoms with Gasteiger partial charge in [0, 0.05) is 18.1 Å². The second kappa shape index (κ2) is 11.7. The summed E-state index contributed by atoms with van der Waals surface area (Å²) in [5, 5.41) is 23.8. The molecule has 0 spiro atoms. The van der Waals surface area contributed by atoms with Gasteiger partial charge < -0.3 is 30.3 Å². The fourth-order valence-corrected chi connectivity index (χ4v) is 2.79. The third kappa shape index (κ3) is 11.4. The van der Waals surface area contributed by atoms with E-state index in [1.165, 1.54) is 11.8 Å². The van der Waals surface area contributed by atoms with Crippen molar-refractivity contribution < 1.29 is 29.3 Å². The van der Waals surface area contributed by atoms with E-state index >= 15 is 0 Å². The number of ether oxygens (including phenoxy) is 2. The van der Waals surface area contributed by atoms with Crippen LogP contribution in [-0.4, -0.2) is 58.4 Å². The lowest BCUT2D eigenvalue weighted by Gasteiger charge is -2.24. The van der Waals surface area contributed by atoms with Crippen molar-refractivity contribution in [2.75, 3.05) is 18.1 Å². The van der Waals surface area contributed by atoms with Gasteiger partial charge in [-0.2, -0.15) is 11.8 Å². The van der Waals surface area contributed by atoms with Crippen molar-refractivity contribution in [2.45, 2.75) is 45.3 Å². The van der Waals surface area contributed by atoms with Gasteiger partial charge in [-0.15, -0.1) is 0 Å². The van der Waals surface area contributed by atoms with Crippen molar-refractivity contribution in [3.8, 4) is 0 Å². The van der Waals surface area contributed by atoms with Gasteiger partial charge in [0.2, 0.25) is 0 Å². The molecule has 9 heteroatoms. The van der Waals surface area contributed by atoms with Gasteiger partial charge in [0.25, 0.3) is 0 Å². The van der Waals surface area contributed by atoms with Crippen LogP contribution in [0.15, 0.2) is 30.3 Å². The van der Waals surface area contributed by atoms with Gasteiger partial charge in [0.15, 0.2) is 6.29 Å². The quantitative estimate of drug-likeness (QED) is 0.369. The van der Waals surface area contributed by atoms with Gasteiger partial charge in [-0.05, 0) is 26.3 Å². The Balaban J connectivity index is 2.20. The third-order valence-electron chi connectivity index (χ3n) is 3.09. The molecule has 152 valence electrons. The minimum Gasteiger partial charge on any atom is -0.445 e. The molecule has 0 fully saturated rings. The van der Waals surface area contributed by atoms with E-state index in [-0.39, 0.29) is 12.4 Å². The molecule has 0 heterocycles. The zero-order valence-electron chi connectivity index (χ0n) is 15.8. The van der Waals surface area contributed by atoms with Gasteiger partial charge in [0.05, 0.1) is 6.04 Å². The maximum absolute atomic E-state index is 11.7. The van der Waals surface area contributed by atoms with Crippen LogP contribution in [0.3, 0.4) is 0 Å². The van der Waals surface area contributed by atoms with Gasteiger partial charge in [-0.3, -0.25) is 0 Å². The number of aliphatic hydroxyl groups is 2. The molecule has 1 atom stereocenters. The number of carbonyl (C=O) groups is 2. The third-order valence-corrected chi connectivity index (χ3v) is 4.18. The average molecular weight is 400 g/mol. The Kier molecular flexibility index (Phi) is 9.98. The van der Waals surface area contributed by atoms with Gasteiger partial charge in [0.1, 0.15) is 12.2 Å². The number of nitrogens with one attached hydrogen (secondary N) is 2. The van der Waals surface area contributed by atoms with Crippen LogP contribution in [0, 0.1) is 0 Å². The molecule has 1 unspecified atom stereocenters. The van der Waals surface area contributed by atoms with E-state index in [9.17, 15) is 19.8 Å².